The van der Waals surface area contributed by atoms with Crippen LogP contribution in [0.2, 0.25) is 0 Å². The molecule has 0 spiro atoms. The number of nitrogens with one attached hydrogen (secondary N) is 2. The SMILES string of the molecule is CCNC(=NCc1ncc(-c2ccccc2)[nH]1)N1CCN(c2cccs2)CC1.I. The zero-order valence-electron chi connectivity index (χ0n) is 16.5. The van der Waals surface area contributed by atoms with E-state index in [4.69, 9.17) is 4.99 Å². The number of nitrogens with zero attached hydrogens (tertiary/aromatic N) is 4. The Balaban J connectivity index is 0.00000240. The molecule has 1 saturated heterocycles. The summed E-state index contributed by atoms with van der Waals surface area (Å²) in [4.78, 5) is 17.5. The Hall–Kier alpha value is -2.07. The molecule has 1 aromatic carbocycles. The predicted molar refractivity (Wildman–Crippen MR) is 132 cm³/mol. The molecule has 2 aromatic heterocycles. The van der Waals surface area contributed by atoms with Crippen molar-refractivity contribution in [2.75, 3.05) is 37.6 Å². The molecule has 0 saturated carbocycles. The number of anilines is 1. The third-order valence-corrected chi connectivity index (χ3v) is 5.75. The number of halogens is 1. The number of piperazine rings is 1. The van der Waals surface area contributed by atoms with E-state index < -0.39 is 0 Å². The largest absolute Gasteiger partial charge is 0.360 e. The van der Waals surface area contributed by atoms with E-state index >= 15 is 0 Å². The van der Waals surface area contributed by atoms with Crippen LogP contribution < -0.4 is 10.2 Å². The first-order valence-corrected chi connectivity index (χ1v) is 10.6. The molecule has 3 aromatic rings. The highest BCUT2D eigenvalue weighted by Gasteiger charge is 2.20. The summed E-state index contributed by atoms with van der Waals surface area (Å²) in [5.74, 6) is 1.84. The number of aliphatic imine (C=N–C) groups is 1. The highest BCUT2D eigenvalue weighted by atomic mass is 127. The van der Waals surface area contributed by atoms with Crippen LogP contribution >= 0.6 is 35.3 Å². The predicted octanol–water partition coefficient (Wildman–Crippen LogP) is 4.04. The summed E-state index contributed by atoms with van der Waals surface area (Å²) < 4.78 is 0. The van der Waals surface area contributed by atoms with Crippen molar-refractivity contribution >= 4 is 46.3 Å². The van der Waals surface area contributed by atoms with E-state index in [-0.39, 0.29) is 24.0 Å². The normalized spacial score (nSPS) is 14.6. The number of aromatic amines is 1. The molecule has 8 heteroatoms. The Morgan fingerprint density at radius 2 is 1.93 bits per heavy atom. The van der Waals surface area contributed by atoms with Gasteiger partial charge in [0, 0.05) is 32.7 Å². The summed E-state index contributed by atoms with van der Waals surface area (Å²) in [5, 5.41) is 6.92. The molecule has 1 aliphatic rings. The van der Waals surface area contributed by atoms with Crippen molar-refractivity contribution in [3.63, 3.8) is 0 Å². The van der Waals surface area contributed by atoms with Crippen molar-refractivity contribution in [2.24, 2.45) is 4.99 Å². The number of H-pyrrole nitrogens is 1. The van der Waals surface area contributed by atoms with Crippen molar-refractivity contribution in [2.45, 2.75) is 13.5 Å². The maximum absolute atomic E-state index is 4.82. The number of guanidine groups is 1. The Kier molecular flexibility index (Phi) is 7.93. The number of hydrogen-bond acceptors (Lipinski definition) is 4. The van der Waals surface area contributed by atoms with Gasteiger partial charge >= 0.3 is 0 Å². The summed E-state index contributed by atoms with van der Waals surface area (Å²) in [7, 11) is 0. The summed E-state index contributed by atoms with van der Waals surface area (Å²) >= 11 is 1.81. The molecule has 3 heterocycles. The van der Waals surface area contributed by atoms with Gasteiger partial charge in [0.25, 0.3) is 0 Å². The van der Waals surface area contributed by atoms with Crippen LogP contribution in [0.25, 0.3) is 11.3 Å². The van der Waals surface area contributed by atoms with Gasteiger partial charge in [0.2, 0.25) is 0 Å². The Bertz CT molecular complexity index is 885. The third kappa shape index (κ3) is 5.51. The fourth-order valence-electron chi connectivity index (χ4n) is 3.37. The highest BCUT2D eigenvalue weighted by Crippen LogP contribution is 2.22. The average molecular weight is 522 g/mol. The Labute approximate surface area is 193 Å². The van der Waals surface area contributed by atoms with Crippen LogP contribution in [0.3, 0.4) is 0 Å². The molecule has 6 nitrogen and oxygen atoms in total. The van der Waals surface area contributed by atoms with Crippen LogP contribution in [0, 0.1) is 0 Å². The lowest BCUT2D eigenvalue weighted by atomic mass is 10.2. The van der Waals surface area contributed by atoms with Gasteiger partial charge in [-0.3, -0.25) is 0 Å². The molecule has 0 aliphatic carbocycles. The standard InChI is InChI=1S/C21H26N6S.HI/c1-2-22-21(27-12-10-26(11-13-27)20-9-6-14-28-20)24-16-19-23-15-18(25-19)17-7-4-3-5-8-17;/h3-9,14-15H,2,10-13,16H2,1H3,(H,22,24)(H,23,25);1H. The molecule has 154 valence electrons. The molecular weight excluding hydrogens is 495 g/mol. The first kappa shape index (κ1) is 21.6. The summed E-state index contributed by atoms with van der Waals surface area (Å²) in [6.07, 6.45) is 1.88. The molecule has 0 atom stereocenters. The highest BCUT2D eigenvalue weighted by molar-refractivity contribution is 14.0. The molecule has 0 bridgehead atoms. The number of aromatic nitrogens is 2. The lowest BCUT2D eigenvalue weighted by Gasteiger charge is -2.37. The third-order valence-electron chi connectivity index (χ3n) is 4.82. The first-order chi connectivity index (χ1) is 13.8. The number of rotatable bonds is 5. The van der Waals surface area contributed by atoms with Crippen LogP contribution in [-0.4, -0.2) is 53.6 Å². The van der Waals surface area contributed by atoms with E-state index in [9.17, 15) is 0 Å². The second-order valence-corrected chi connectivity index (χ2v) is 7.63. The average Bonchev–Trinajstić information content (AvgIpc) is 3.44. The number of thiophene rings is 1. The Morgan fingerprint density at radius 3 is 2.62 bits per heavy atom. The molecule has 1 aliphatic heterocycles. The van der Waals surface area contributed by atoms with Crippen LogP contribution in [0.5, 0.6) is 0 Å². The maximum Gasteiger partial charge on any atom is 0.194 e. The molecule has 0 radical (unpaired) electrons. The number of imidazole rings is 1. The molecule has 2 N–H and O–H groups in total. The lowest BCUT2D eigenvalue weighted by molar-refractivity contribution is 0.373. The van der Waals surface area contributed by atoms with Crippen LogP contribution in [0.15, 0.2) is 59.0 Å². The molecule has 1 fully saturated rings. The summed E-state index contributed by atoms with van der Waals surface area (Å²) in [6, 6.07) is 14.6. The van der Waals surface area contributed by atoms with Crippen LogP contribution in [0.1, 0.15) is 12.7 Å². The van der Waals surface area contributed by atoms with Gasteiger partial charge in [0.05, 0.1) is 16.9 Å². The molecule has 29 heavy (non-hydrogen) atoms. The van der Waals surface area contributed by atoms with E-state index in [1.54, 1.807) is 11.3 Å². The van der Waals surface area contributed by atoms with E-state index in [1.807, 2.05) is 24.4 Å². The van der Waals surface area contributed by atoms with Gasteiger partial charge in [-0.25, -0.2) is 9.98 Å². The minimum Gasteiger partial charge on any atom is -0.360 e. The van der Waals surface area contributed by atoms with Gasteiger partial charge in [-0.05, 0) is 30.0 Å². The minimum absolute atomic E-state index is 0. The van der Waals surface area contributed by atoms with Crippen molar-refractivity contribution in [3.05, 3.63) is 59.9 Å². The molecule has 0 unspecified atom stereocenters. The summed E-state index contributed by atoms with van der Waals surface area (Å²) in [6.45, 7) is 7.48. The van der Waals surface area contributed by atoms with Crippen molar-refractivity contribution in [3.8, 4) is 11.3 Å². The zero-order valence-corrected chi connectivity index (χ0v) is 19.7. The zero-order chi connectivity index (χ0) is 19.2. The summed E-state index contributed by atoms with van der Waals surface area (Å²) in [5.41, 5.74) is 2.17. The number of benzene rings is 1. The number of hydrogen-bond donors (Lipinski definition) is 2. The molecule has 0 amide bonds. The van der Waals surface area contributed by atoms with Gasteiger partial charge in [0.1, 0.15) is 12.4 Å². The molecular formula is C21H27IN6S. The fraction of sp³-hybridized carbons (Fsp3) is 0.333. The van der Waals surface area contributed by atoms with E-state index in [2.05, 4.69) is 61.7 Å². The Morgan fingerprint density at radius 1 is 1.14 bits per heavy atom. The molecule has 4 rings (SSSR count). The van der Waals surface area contributed by atoms with Gasteiger partial charge < -0.3 is 20.1 Å². The van der Waals surface area contributed by atoms with Crippen molar-refractivity contribution in [1.29, 1.82) is 0 Å². The first-order valence-electron chi connectivity index (χ1n) is 9.74. The quantitative estimate of drug-likeness (QED) is 0.302. The monoisotopic (exact) mass is 522 g/mol. The maximum atomic E-state index is 4.82. The smallest absolute Gasteiger partial charge is 0.194 e. The topological polar surface area (TPSA) is 59.6 Å². The lowest BCUT2D eigenvalue weighted by Crippen LogP contribution is -2.52. The second kappa shape index (κ2) is 10.6. The minimum atomic E-state index is 0. The van der Waals surface area contributed by atoms with Crippen molar-refractivity contribution in [1.82, 2.24) is 20.2 Å². The van der Waals surface area contributed by atoms with Crippen LogP contribution in [-0.2, 0) is 6.54 Å². The van der Waals surface area contributed by atoms with Gasteiger partial charge in [0.15, 0.2) is 5.96 Å². The van der Waals surface area contributed by atoms with Gasteiger partial charge in [-0.15, -0.1) is 35.3 Å². The van der Waals surface area contributed by atoms with Gasteiger partial charge in [-0.1, -0.05) is 30.3 Å². The van der Waals surface area contributed by atoms with E-state index in [0.717, 1.165) is 55.8 Å². The van der Waals surface area contributed by atoms with E-state index in [1.165, 1.54) is 5.00 Å². The fourth-order valence-corrected chi connectivity index (χ4v) is 4.16. The van der Waals surface area contributed by atoms with Crippen molar-refractivity contribution < 1.29 is 0 Å². The van der Waals surface area contributed by atoms with Gasteiger partial charge in [-0.2, -0.15) is 0 Å². The van der Waals surface area contributed by atoms with E-state index in [0.29, 0.717) is 6.54 Å². The van der Waals surface area contributed by atoms with Crippen LogP contribution in [0.4, 0.5) is 5.00 Å². The second-order valence-electron chi connectivity index (χ2n) is 6.71.